The second kappa shape index (κ2) is 17.6. The van der Waals surface area contributed by atoms with E-state index in [9.17, 15) is 0 Å². The Hall–Kier alpha value is -5.49. The van der Waals surface area contributed by atoms with Crippen LogP contribution in [0.25, 0.3) is 47.0 Å². The molecule has 11 heteroatoms. The number of anilines is 2. The second-order valence-corrected chi connectivity index (χ2v) is 16.8. The van der Waals surface area contributed by atoms with Gasteiger partial charge in [0.15, 0.2) is 11.5 Å². The first kappa shape index (κ1) is 39.3. The number of benzene rings is 4. The highest BCUT2D eigenvalue weighted by atomic mass is 32.2. The minimum atomic E-state index is 0.164. The molecule has 0 spiro atoms. The van der Waals surface area contributed by atoms with Gasteiger partial charge >= 0.3 is 0 Å². The van der Waals surface area contributed by atoms with E-state index in [0.29, 0.717) is 13.2 Å². The van der Waals surface area contributed by atoms with Crippen LogP contribution in [0, 0.1) is 0 Å². The van der Waals surface area contributed by atoms with Gasteiger partial charge in [-0.2, -0.15) is 8.75 Å². The smallest absolute Gasteiger partial charge is 0.180 e. The molecule has 58 heavy (non-hydrogen) atoms. The highest BCUT2D eigenvalue weighted by molar-refractivity contribution is 7.99. The average molecular weight is 827 g/mol. The van der Waals surface area contributed by atoms with Crippen LogP contribution in [0.1, 0.15) is 56.7 Å². The van der Waals surface area contributed by atoms with E-state index in [1.807, 2.05) is 44.1 Å². The van der Waals surface area contributed by atoms with E-state index in [1.54, 1.807) is 25.6 Å². The number of methoxy groups -OCH3 is 2. The van der Waals surface area contributed by atoms with Gasteiger partial charge in [0.25, 0.3) is 0 Å². The lowest BCUT2D eigenvalue weighted by Crippen LogP contribution is -2.21. The Morgan fingerprint density at radius 1 is 0.707 bits per heavy atom. The topological polar surface area (TPSA) is 69.2 Å². The molecule has 2 aliphatic heterocycles. The molecule has 296 valence electrons. The normalized spacial score (nSPS) is 15.0. The predicted molar refractivity (Wildman–Crippen MR) is 247 cm³/mol. The molecule has 4 heterocycles. The zero-order valence-corrected chi connectivity index (χ0v) is 36.0. The van der Waals surface area contributed by atoms with Crippen LogP contribution in [0.3, 0.4) is 0 Å². The van der Waals surface area contributed by atoms with Crippen LogP contribution in [0.5, 0.6) is 23.0 Å². The van der Waals surface area contributed by atoms with Gasteiger partial charge in [0, 0.05) is 66.2 Å². The van der Waals surface area contributed by atoms with Crippen molar-refractivity contribution in [2.75, 3.05) is 64.4 Å². The molecule has 1 unspecified atom stereocenters. The Morgan fingerprint density at radius 2 is 1.33 bits per heavy atom. The van der Waals surface area contributed by atoms with Crippen molar-refractivity contribution >= 4 is 93.2 Å². The third kappa shape index (κ3) is 8.12. The fourth-order valence-corrected chi connectivity index (χ4v) is 9.99. The van der Waals surface area contributed by atoms with Gasteiger partial charge in [-0.05, 0) is 91.2 Å². The summed E-state index contributed by atoms with van der Waals surface area (Å²) in [7, 11) is 7.44. The van der Waals surface area contributed by atoms with Gasteiger partial charge in [-0.3, -0.25) is 0 Å². The van der Waals surface area contributed by atoms with Crippen molar-refractivity contribution in [2.45, 2.75) is 24.0 Å². The molecule has 1 atom stereocenters. The molecular formula is C47H46N4O4S3. The molecule has 0 bridgehead atoms. The molecule has 0 radical (unpaired) electrons. The van der Waals surface area contributed by atoms with Crippen LogP contribution in [0.15, 0.2) is 89.8 Å². The highest BCUT2D eigenvalue weighted by Gasteiger charge is 2.24. The first-order valence-corrected chi connectivity index (χ1v) is 21.8. The summed E-state index contributed by atoms with van der Waals surface area (Å²) in [5.74, 6) is 3.21. The van der Waals surface area contributed by atoms with E-state index in [2.05, 4.69) is 121 Å². The van der Waals surface area contributed by atoms with Crippen molar-refractivity contribution in [1.29, 1.82) is 0 Å². The average Bonchev–Trinajstić information content (AvgIpc) is 3.90. The molecule has 2 aliphatic rings. The first-order chi connectivity index (χ1) is 28.4. The number of aromatic nitrogens is 2. The maximum atomic E-state index is 6.17. The lowest BCUT2D eigenvalue weighted by atomic mass is 9.98. The molecule has 0 amide bonds. The lowest BCUT2D eigenvalue weighted by Gasteiger charge is -2.27. The Balaban J connectivity index is 1.09. The summed E-state index contributed by atoms with van der Waals surface area (Å²) in [5.41, 5.74) is 10.7. The number of ether oxygens (including phenoxy) is 4. The van der Waals surface area contributed by atoms with Crippen LogP contribution in [-0.2, 0) is 0 Å². The summed E-state index contributed by atoms with van der Waals surface area (Å²) < 4.78 is 33.0. The Labute approximate surface area is 353 Å². The maximum Gasteiger partial charge on any atom is 0.180 e. The summed E-state index contributed by atoms with van der Waals surface area (Å²) in [6, 6.07) is 25.7. The number of hydrogen-bond acceptors (Lipinski definition) is 11. The molecule has 0 N–H and O–H groups in total. The molecule has 6 aromatic rings. The summed E-state index contributed by atoms with van der Waals surface area (Å²) in [4.78, 5) is 7.70. The minimum absolute atomic E-state index is 0.164. The van der Waals surface area contributed by atoms with Crippen molar-refractivity contribution in [3.8, 4) is 23.0 Å². The van der Waals surface area contributed by atoms with Crippen molar-refractivity contribution in [2.24, 2.45) is 0 Å². The third-order valence-corrected chi connectivity index (χ3v) is 13.2. The molecule has 8 rings (SSSR count). The quantitative estimate of drug-likeness (QED) is 0.113. The van der Waals surface area contributed by atoms with Gasteiger partial charge in [-0.25, -0.2) is 0 Å². The Kier molecular flexibility index (Phi) is 11.9. The van der Waals surface area contributed by atoms with E-state index in [4.69, 9.17) is 27.7 Å². The summed E-state index contributed by atoms with van der Waals surface area (Å²) in [5, 5.41) is 0.164. The van der Waals surface area contributed by atoms with E-state index >= 15 is 0 Å². The standard InChI is InChI=1S/C47H46N4O4S3/c1-7-51(8-2)36-19-24-40-38(28-36)34(27-43(56-40)31-14-20-37(52-5)21-15-31)12-11-32-9-10-33(45-44(32)48-58-49-45)17-23-42-47-46(54-25-26-55-47)41(57-42)22-16-30-13-18-35(50(3)4)29-39(30)53-6/h9-24,27-29,43H,7-8,25-26H2,1-6H3/b12-11+,22-16+,23-17+. The molecule has 0 saturated heterocycles. The molecule has 0 saturated carbocycles. The van der Waals surface area contributed by atoms with Crippen molar-refractivity contribution in [3.05, 3.63) is 123 Å². The van der Waals surface area contributed by atoms with Crippen molar-refractivity contribution in [3.63, 3.8) is 0 Å². The molecule has 4 aromatic carbocycles. The van der Waals surface area contributed by atoms with Crippen molar-refractivity contribution in [1.82, 2.24) is 8.75 Å². The van der Waals surface area contributed by atoms with Crippen LogP contribution in [0.4, 0.5) is 11.4 Å². The number of rotatable bonds is 13. The van der Waals surface area contributed by atoms with Crippen LogP contribution in [0.2, 0.25) is 0 Å². The molecule has 2 aromatic heterocycles. The number of nitrogens with zero attached hydrogens (tertiary/aromatic N) is 4. The SMILES string of the molecule is CCN(CC)c1ccc2c(c1)C(/C=C/c1ccc(/C=C/c3sc(/C=C/c4ccc(N(C)C)cc4OC)c4c3OCCO4)c3nsnc13)=CC(c1ccc(OC)cc1)S2. The maximum absolute atomic E-state index is 6.17. The number of thiophene rings is 1. The first-order valence-electron chi connectivity index (χ1n) is 19.4. The number of thioether (sulfide) groups is 1. The Bertz CT molecular complexity index is 2550. The second-order valence-electron chi connectivity index (χ2n) is 14.0. The van der Waals surface area contributed by atoms with Gasteiger partial charge in [0.1, 0.15) is 35.7 Å². The van der Waals surface area contributed by atoms with E-state index in [-0.39, 0.29) is 5.25 Å². The molecule has 0 aliphatic carbocycles. The van der Waals surface area contributed by atoms with E-state index < -0.39 is 0 Å². The van der Waals surface area contributed by atoms with E-state index in [1.165, 1.54) is 39.0 Å². The number of hydrogen-bond donors (Lipinski definition) is 0. The molecule has 0 fully saturated rings. The third-order valence-electron chi connectivity index (χ3n) is 10.4. The summed E-state index contributed by atoms with van der Waals surface area (Å²) in [6.07, 6.45) is 15.1. The molecule has 8 nitrogen and oxygen atoms in total. The minimum Gasteiger partial charge on any atom is -0.497 e. The zero-order valence-electron chi connectivity index (χ0n) is 33.5. The zero-order chi connectivity index (χ0) is 40.2. The van der Waals surface area contributed by atoms with Gasteiger partial charge in [0.2, 0.25) is 0 Å². The van der Waals surface area contributed by atoms with Crippen molar-refractivity contribution < 1.29 is 18.9 Å². The predicted octanol–water partition coefficient (Wildman–Crippen LogP) is 11.7. The molecular weight excluding hydrogens is 781 g/mol. The lowest BCUT2D eigenvalue weighted by molar-refractivity contribution is 0.173. The van der Waals surface area contributed by atoms with Gasteiger partial charge in [-0.15, -0.1) is 23.1 Å². The van der Waals surface area contributed by atoms with Gasteiger partial charge in [0.05, 0.1) is 41.0 Å². The largest absolute Gasteiger partial charge is 0.497 e. The fraction of sp³-hybridized carbons (Fsp3) is 0.234. The highest BCUT2D eigenvalue weighted by Crippen LogP contribution is 2.48. The van der Waals surface area contributed by atoms with Crippen LogP contribution >= 0.6 is 34.8 Å². The van der Waals surface area contributed by atoms with Crippen LogP contribution in [-0.4, -0.2) is 63.4 Å². The van der Waals surface area contributed by atoms with Crippen LogP contribution < -0.4 is 28.7 Å². The number of fused-ring (bicyclic) bond motifs is 3. The van der Waals surface area contributed by atoms with E-state index in [0.717, 1.165) is 79.3 Å². The fourth-order valence-electron chi connectivity index (χ4n) is 7.17. The number of allylic oxidation sites excluding steroid dienone is 2. The summed E-state index contributed by atoms with van der Waals surface area (Å²) >= 11 is 4.75. The monoisotopic (exact) mass is 826 g/mol. The van der Waals surface area contributed by atoms with Gasteiger partial charge in [-0.1, -0.05) is 48.6 Å². The summed E-state index contributed by atoms with van der Waals surface area (Å²) in [6.45, 7) is 7.34. The Morgan fingerprint density at radius 3 is 1.95 bits per heavy atom. The van der Waals surface area contributed by atoms with Gasteiger partial charge < -0.3 is 28.7 Å².